The largest absolute Gasteiger partial charge is 0.370 e. The number of nitrogens with zero attached hydrogens (tertiary/aromatic N) is 3. The molecule has 0 spiro atoms. The third-order valence-corrected chi connectivity index (χ3v) is 7.51. The van der Waals surface area contributed by atoms with Crippen molar-refractivity contribution in [1.29, 1.82) is 0 Å². The van der Waals surface area contributed by atoms with Gasteiger partial charge in [0.15, 0.2) is 0 Å². The van der Waals surface area contributed by atoms with Crippen molar-refractivity contribution in [3.8, 4) is 0 Å². The minimum atomic E-state index is -0.153. The summed E-state index contributed by atoms with van der Waals surface area (Å²) in [6.45, 7) is 8.77. The smallest absolute Gasteiger partial charge is 0.257 e. The Bertz CT molecular complexity index is 1170. The van der Waals surface area contributed by atoms with E-state index in [9.17, 15) is 4.79 Å². The third-order valence-electron chi connectivity index (χ3n) is 7.51. The summed E-state index contributed by atoms with van der Waals surface area (Å²) in [6, 6.07) is 21.4. The molecular formula is C30H36N4O2. The number of hydrogen-bond acceptors (Lipinski definition) is 5. The van der Waals surface area contributed by atoms with E-state index in [1.807, 2.05) is 42.5 Å². The normalized spacial score (nSPS) is 20.1. The fourth-order valence-electron chi connectivity index (χ4n) is 5.42. The van der Waals surface area contributed by atoms with Crippen molar-refractivity contribution in [3.05, 3.63) is 89.2 Å². The van der Waals surface area contributed by atoms with Gasteiger partial charge in [-0.25, -0.2) is 0 Å². The van der Waals surface area contributed by atoms with Crippen LogP contribution in [0.15, 0.2) is 66.9 Å². The lowest BCUT2D eigenvalue weighted by atomic mass is 10.1. The molecule has 2 aliphatic heterocycles. The number of anilines is 2. The van der Waals surface area contributed by atoms with Crippen molar-refractivity contribution in [2.45, 2.75) is 58.4 Å². The number of carbonyl (C=O) groups is 1. The Morgan fingerprint density at radius 2 is 1.92 bits per heavy atom. The second-order valence-corrected chi connectivity index (χ2v) is 10.1. The summed E-state index contributed by atoms with van der Waals surface area (Å²) in [5, 5.41) is 3.05. The van der Waals surface area contributed by atoms with Crippen molar-refractivity contribution in [2.75, 3.05) is 29.9 Å². The number of pyridine rings is 1. The molecule has 0 radical (unpaired) electrons. The molecule has 2 atom stereocenters. The van der Waals surface area contributed by atoms with E-state index in [-0.39, 0.29) is 5.91 Å². The number of nitrogens with one attached hydrogen (secondary N) is 1. The first-order valence-electron chi connectivity index (χ1n) is 13.1. The van der Waals surface area contributed by atoms with E-state index in [2.05, 4.69) is 46.1 Å². The van der Waals surface area contributed by atoms with Crippen LogP contribution in [0.25, 0.3) is 0 Å². The molecule has 188 valence electrons. The van der Waals surface area contributed by atoms with Gasteiger partial charge in [0.2, 0.25) is 0 Å². The zero-order chi connectivity index (χ0) is 24.9. The van der Waals surface area contributed by atoms with Crippen molar-refractivity contribution in [2.24, 2.45) is 0 Å². The van der Waals surface area contributed by atoms with Gasteiger partial charge in [-0.1, -0.05) is 30.3 Å². The van der Waals surface area contributed by atoms with Crippen LogP contribution in [-0.4, -0.2) is 47.5 Å². The summed E-state index contributed by atoms with van der Waals surface area (Å²) in [7, 11) is 0. The van der Waals surface area contributed by atoms with Crippen molar-refractivity contribution in [3.63, 3.8) is 0 Å². The van der Waals surface area contributed by atoms with E-state index < -0.39 is 0 Å². The Hall–Kier alpha value is -3.22. The molecule has 3 aromatic rings. The quantitative estimate of drug-likeness (QED) is 0.463. The fourth-order valence-corrected chi connectivity index (χ4v) is 5.42. The Morgan fingerprint density at radius 3 is 2.64 bits per heavy atom. The minimum absolute atomic E-state index is 0.153. The van der Waals surface area contributed by atoms with E-state index in [1.54, 1.807) is 12.3 Å². The molecule has 2 fully saturated rings. The van der Waals surface area contributed by atoms with E-state index in [0.717, 1.165) is 35.6 Å². The summed E-state index contributed by atoms with van der Waals surface area (Å²) in [5.74, 6) is -0.153. The van der Waals surface area contributed by atoms with Crippen LogP contribution in [0.3, 0.4) is 0 Å². The molecule has 2 unspecified atom stereocenters. The number of aryl methyl sites for hydroxylation is 1. The van der Waals surface area contributed by atoms with Crippen LogP contribution in [0.2, 0.25) is 0 Å². The van der Waals surface area contributed by atoms with E-state index in [0.29, 0.717) is 30.9 Å². The molecule has 0 bridgehead atoms. The highest BCUT2D eigenvalue weighted by molar-refractivity contribution is 6.04. The van der Waals surface area contributed by atoms with Gasteiger partial charge in [0, 0.05) is 42.7 Å². The van der Waals surface area contributed by atoms with E-state index in [4.69, 9.17) is 4.74 Å². The minimum Gasteiger partial charge on any atom is -0.370 e. The van der Waals surface area contributed by atoms with Gasteiger partial charge >= 0.3 is 0 Å². The fraction of sp³-hybridized carbons (Fsp3) is 0.400. The number of amides is 1. The summed E-state index contributed by atoms with van der Waals surface area (Å²) in [4.78, 5) is 22.4. The Labute approximate surface area is 214 Å². The monoisotopic (exact) mass is 484 g/mol. The molecule has 5 rings (SSSR count). The van der Waals surface area contributed by atoms with Gasteiger partial charge in [0.1, 0.15) is 0 Å². The second-order valence-electron chi connectivity index (χ2n) is 10.1. The number of rotatable bonds is 8. The van der Waals surface area contributed by atoms with Crippen molar-refractivity contribution >= 4 is 17.3 Å². The number of benzene rings is 2. The summed E-state index contributed by atoms with van der Waals surface area (Å²) in [5.41, 5.74) is 5.60. The predicted molar refractivity (Wildman–Crippen MR) is 144 cm³/mol. The van der Waals surface area contributed by atoms with Gasteiger partial charge < -0.3 is 15.0 Å². The highest BCUT2D eigenvalue weighted by Crippen LogP contribution is 2.30. The number of aromatic nitrogens is 1. The van der Waals surface area contributed by atoms with Gasteiger partial charge in [-0.3, -0.25) is 14.7 Å². The summed E-state index contributed by atoms with van der Waals surface area (Å²) < 4.78 is 5.74. The molecule has 6 nitrogen and oxygen atoms in total. The first-order valence-corrected chi connectivity index (χ1v) is 13.1. The molecule has 2 saturated heterocycles. The lowest BCUT2D eigenvalue weighted by Crippen LogP contribution is -2.39. The molecule has 2 aliphatic rings. The molecule has 1 aromatic heterocycles. The SMILES string of the molecule is Cc1cc(N2CCC(N3CCCC3C)C2)ccc1NC(=O)c1ccc(COCc2ccccc2)nc1. The van der Waals surface area contributed by atoms with Gasteiger partial charge in [-0.05, 0) is 81.1 Å². The van der Waals surface area contributed by atoms with Crippen LogP contribution < -0.4 is 10.2 Å². The number of hydrogen-bond donors (Lipinski definition) is 1. The van der Waals surface area contributed by atoms with Gasteiger partial charge in [0.05, 0.1) is 24.5 Å². The highest BCUT2D eigenvalue weighted by atomic mass is 16.5. The summed E-state index contributed by atoms with van der Waals surface area (Å²) >= 11 is 0. The zero-order valence-corrected chi connectivity index (χ0v) is 21.3. The second kappa shape index (κ2) is 11.2. The van der Waals surface area contributed by atoms with Gasteiger partial charge in [0.25, 0.3) is 5.91 Å². The number of ether oxygens (including phenoxy) is 1. The Kier molecular flexibility index (Phi) is 7.63. The number of carbonyl (C=O) groups excluding carboxylic acids is 1. The molecule has 36 heavy (non-hydrogen) atoms. The maximum atomic E-state index is 12.8. The molecule has 1 amide bonds. The topological polar surface area (TPSA) is 57.7 Å². The van der Waals surface area contributed by atoms with Crippen LogP contribution in [0.4, 0.5) is 11.4 Å². The molecule has 2 aromatic carbocycles. The average Bonchev–Trinajstić information content (AvgIpc) is 3.55. The van der Waals surface area contributed by atoms with Crippen LogP contribution in [-0.2, 0) is 18.0 Å². The molecule has 1 N–H and O–H groups in total. The molecular weight excluding hydrogens is 448 g/mol. The van der Waals surface area contributed by atoms with Gasteiger partial charge in [-0.2, -0.15) is 0 Å². The van der Waals surface area contributed by atoms with Crippen molar-refractivity contribution < 1.29 is 9.53 Å². The van der Waals surface area contributed by atoms with Crippen molar-refractivity contribution in [1.82, 2.24) is 9.88 Å². The van der Waals surface area contributed by atoms with E-state index >= 15 is 0 Å². The first-order chi connectivity index (χ1) is 17.6. The third kappa shape index (κ3) is 5.77. The van der Waals surface area contributed by atoms with E-state index in [1.165, 1.54) is 31.5 Å². The molecule has 0 saturated carbocycles. The number of likely N-dealkylation sites (tertiary alicyclic amines) is 1. The summed E-state index contributed by atoms with van der Waals surface area (Å²) in [6.07, 6.45) is 5.49. The standard InChI is InChI=1S/C30H36N4O2/c1-22-17-27(33-16-14-28(19-33)34-15-6-7-23(34)2)12-13-29(22)32-30(35)25-10-11-26(31-18-25)21-36-20-24-8-4-3-5-9-24/h3-5,8-13,17-18,23,28H,6-7,14-16,19-21H2,1-2H3,(H,32,35). The maximum Gasteiger partial charge on any atom is 0.257 e. The van der Waals surface area contributed by atoms with Crippen LogP contribution >= 0.6 is 0 Å². The predicted octanol–water partition coefficient (Wildman–Crippen LogP) is 5.42. The average molecular weight is 485 g/mol. The lowest BCUT2D eigenvalue weighted by molar-refractivity contribution is 0.102. The molecule has 3 heterocycles. The lowest BCUT2D eigenvalue weighted by Gasteiger charge is -2.28. The zero-order valence-electron chi connectivity index (χ0n) is 21.3. The van der Waals surface area contributed by atoms with Crippen LogP contribution in [0, 0.1) is 6.92 Å². The van der Waals surface area contributed by atoms with Crippen LogP contribution in [0.5, 0.6) is 0 Å². The molecule has 0 aliphatic carbocycles. The maximum absolute atomic E-state index is 12.8. The Balaban J connectivity index is 1.14. The Morgan fingerprint density at radius 1 is 1.06 bits per heavy atom. The highest BCUT2D eigenvalue weighted by Gasteiger charge is 2.33. The first kappa shape index (κ1) is 24.5. The van der Waals surface area contributed by atoms with Gasteiger partial charge in [-0.15, -0.1) is 0 Å². The van der Waals surface area contributed by atoms with Crippen LogP contribution in [0.1, 0.15) is 53.4 Å². The molecule has 6 heteroatoms.